The number of esters is 1. The first kappa shape index (κ1) is 21.1. The van der Waals surface area contributed by atoms with E-state index in [1.807, 2.05) is 60.7 Å². The molecule has 0 bridgehead atoms. The summed E-state index contributed by atoms with van der Waals surface area (Å²) in [5, 5.41) is 1.75. The predicted molar refractivity (Wildman–Crippen MR) is 126 cm³/mol. The Balaban J connectivity index is 1.47. The van der Waals surface area contributed by atoms with Crippen LogP contribution in [0.5, 0.6) is 5.75 Å². The van der Waals surface area contributed by atoms with E-state index in [1.165, 1.54) is 5.56 Å². The van der Waals surface area contributed by atoms with Crippen molar-refractivity contribution in [3.8, 4) is 17.1 Å². The molecule has 0 amide bonds. The fourth-order valence-corrected chi connectivity index (χ4v) is 3.89. The van der Waals surface area contributed by atoms with Crippen LogP contribution in [0.2, 0.25) is 5.02 Å². The first-order valence-electron chi connectivity index (χ1n) is 10.5. The molecular formula is C26H25ClN2O2. The minimum absolute atomic E-state index is 0.227. The van der Waals surface area contributed by atoms with Crippen molar-refractivity contribution in [1.82, 2.24) is 9.97 Å². The Morgan fingerprint density at radius 1 is 1.10 bits per heavy atom. The zero-order valence-corrected chi connectivity index (χ0v) is 18.4. The number of ether oxygens (including phenoxy) is 1. The molecule has 0 saturated heterocycles. The monoisotopic (exact) mass is 432 g/mol. The number of carbonyl (C=O) groups excluding carboxylic acids is 1. The van der Waals surface area contributed by atoms with Gasteiger partial charge in [0.1, 0.15) is 5.75 Å². The van der Waals surface area contributed by atoms with Crippen LogP contribution in [-0.2, 0) is 11.2 Å². The van der Waals surface area contributed by atoms with Crippen molar-refractivity contribution in [3.63, 3.8) is 0 Å². The third kappa shape index (κ3) is 4.97. The number of halogens is 1. The standard InChI is InChI=1S/C26H25ClN2O2/c1-17(2)18-9-12-20(13-10-18)31-25(30)8-5-6-21-22-16-19(27)11-14-23(22)29-26(21)24-7-3-4-15-28-24/h3-4,7,9-17,29H,5-6,8H2,1-2H3. The van der Waals surface area contributed by atoms with Crippen molar-refractivity contribution in [3.05, 3.63) is 83.0 Å². The van der Waals surface area contributed by atoms with Crippen LogP contribution in [0.4, 0.5) is 0 Å². The van der Waals surface area contributed by atoms with Gasteiger partial charge in [0.2, 0.25) is 0 Å². The van der Waals surface area contributed by atoms with Gasteiger partial charge < -0.3 is 9.72 Å². The molecule has 4 nitrogen and oxygen atoms in total. The van der Waals surface area contributed by atoms with Crippen molar-refractivity contribution < 1.29 is 9.53 Å². The molecule has 5 heteroatoms. The first-order valence-corrected chi connectivity index (χ1v) is 10.9. The van der Waals surface area contributed by atoms with Crippen LogP contribution in [0.1, 0.15) is 43.7 Å². The van der Waals surface area contributed by atoms with Gasteiger partial charge in [-0.1, -0.05) is 43.6 Å². The van der Waals surface area contributed by atoms with Gasteiger partial charge in [-0.05, 0) is 72.4 Å². The number of hydrogen-bond donors (Lipinski definition) is 1. The lowest BCUT2D eigenvalue weighted by molar-refractivity contribution is -0.134. The number of nitrogens with zero attached hydrogens (tertiary/aromatic N) is 1. The molecule has 1 N–H and O–H groups in total. The van der Waals surface area contributed by atoms with Crippen LogP contribution in [0.25, 0.3) is 22.3 Å². The molecule has 0 fully saturated rings. The van der Waals surface area contributed by atoms with Gasteiger partial charge in [0, 0.05) is 28.5 Å². The number of pyridine rings is 1. The minimum Gasteiger partial charge on any atom is -0.427 e. The van der Waals surface area contributed by atoms with Crippen LogP contribution in [0.15, 0.2) is 66.9 Å². The van der Waals surface area contributed by atoms with Crippen LogP contribution in [0.3, 0.4) is 0 Å². The molecule has 2 aromatic heterocycles. The summed E-state index contributed by atoms with van der Waals surface area (Å²) in [4.78, 5) is 20.3. The molecule has 0 unspecified atom stereocenters. The van der Waals surface area contributed by atoms with Crippen molar-refractivity contribution in [2.45, 2.75) is 39.0 Å². The van der Waals surface area contributed by atoms with Gasteiger partial charge in [0.05, 0.1) is 11.4 Å². The Kier molecular flexibility index (Phi) is 6.38. The van der Waals surface area contributed by atoms with Gasteiger partial charge in [-0.3, -0.25) is 9.78 Å². The van der Waals surface area contributed by atoms with E-state index in [2.05, 4.69) is 23.8 Å². The van der Waals surface area contributed by atoms with E-state index in [0.717, 1.165) is 27.9 Å². The minimum atomic E-state index is -0.227. The number of aryl methyl sites for hydroxylation is 1. The smallest absolute Gasteiger partial charge is 0.311 e. The summed E-state index contributed by atoms with van der Waals surface area (Å²) in [5.74, 6) is 0.805. The summed E-state index contributed by atoms with van der Waals surface area (Å²) >= 11 is 6.25. The van der Waals surface area contributed by atoms with Crippen molar-refractivity contribution in [1.29, 1.82) is 0 Å². The number of aromatic nitrogens is 2. The molecule has 0 aliphatic rings. The molecule has 31 heavy (non-hydrogen) atoms. The van der Waals surface area contributed by atoms with Crippen molar-refractivity contribution in [2.24, 2.45) is 0 Å². The highest BCUT2D eigenvalue weighted by atomic mass is 35.5. The van der Waals surface area contributed by atoms with Crippen molar-refractivity contribution in [2.75, 3.05) is 0 Å². The fraction of sp³-hybridized carbons (Fsp3) is 0.231. The molecule has 0 radical (unpaired) electrons. The van der Waals surface area contributed by atoms with Crippen LogP contribution >= 0.6 is 11.6 Å². The van der Waals surface area contributed by atoms with Crippen LogP contribution in [-0.4, -0.2) is 15.9 Å². The Morgan fingerprint density at radius 2 is 1.90 bits per heavy atom. The number of nitrogens with one attached hydrogen (secondary N) is 1. The highest BCUT2D eigenvalue weighted by Gasteiger charge is 2.15. The van der Waals surface area contributed by atoms with Gasteiger partial charge in [-0.15, -0.1) is 0 Å². The van der Waals surface area contributed by atoms with E-state index in [-0.39, 0.29) is 5.97 Å². The number of H-pyrrole nitrogens is 1. The maximum atomic E-state index is 12.4. The Bertz CT molecular complexity index is 1180. The SMILES string of the molecule is CC(C)c1ccc(OC(=O)CCCc2c(-c3ccccn3)[nH]c3ccc(Cl)cc23)cc1. The highest BCUT2D eigenvalue weighted by Crippen LogP contribution is 2.32. The lowest BCUT2D eigenvalue weighted by atomic mass is 10.0. The summed E-state index contributed by atoms with van der Waals surface area (Å²) in [6.45, 7) is 4.27. The van der Waals surface area contributed by atoms with Gasteiger partial charge in [0.15, 0.2) is 0 Å². The Hall–Kier alpha value is -3.11. The van der Waals surface area contributed by atoms with Crippen LogP contribution < -0.4 is 4.74 Å². The summed E-state index contributed by atoms with van der Waals surface area (Å²) in [6, 6.07) is 19.4. The molecular weight excluding hydrogens is 408 g/mol. The Morgan fingerprint density at radius 3 is 2.61 bits per heavy atom. The van der Waals surface area contributed by atoms with E-state index >= 15 is 0 Å². The number of carbonyl (C=O) groups is 1. The second-order valence-electron chi connectivity index (χ2n) is 7.93. The lowest BCUT2D eigenvalue weighted by Crippen LogP contribution is -2.08. The Labute approximate surface area is 187 Å². The second kappa shape index (κ2) is 9.36. The van der Waals surface area contributed by atoms with Gasteiger partial charge in [-0.2, -0.15) is 0 Å². The quantitative estimate of drug-likeness (QED) is 0.254. The van der Waals surface area contributed by atoms with E-state index in [0.29, 0.717) is 36.0 Å². The van der Waals surface area contributed by atoms with Crippen molar-refractivity contribution >= 4 is 28.5 Å². The number of fused-ring (bicyclic) bond motifs is 1. The normalized spacial score (nSPS) is 11.2. The third-order valence-electron chi connectivity index (χ3n) is 5.38. The third-order valence-corrected chi connectivity index (χ3v) is 5.61. The molecule has 4 rings (SSSR count). The molecule has 0 atom stereocenters. The number of rotatable bonds is 7. The average Bonchev–Trinajstić information content (AvgIpc) is 3.12. The zero-order chi connectivity index (χ0) is 21.8. The molecule has 2 heterocycles. The maximum absolute atomic E-state index is 12.4. The van der Waals surface area contributed by atoms with E-state index < -0.39 is 0 Å². The van der Waals surface area contributed by atoms with Crippen LogP contribution in [0, 0.1) is 0 Å². The number of benzene rings is 2. The largest absolute Gasteiger partial charge is 0.427 e. The first-order chi connectivity index (χ1) is 15.0. The van der Waals surface area contributed by atoms with Gasteiger partial charge >= 0.3 is 5.97 Å². The summed E-state index contributed by atoms with van der Waals surface area (Å²) in [7, 11) is 0. The number of hydrogen-bond acceptors (Lipinski definition) is 3. The molecule has 0 saturated carbocycles. The topological polar surface area (TPSA) is 55.0 Å². The van der Waals surface area contributed by atoms with E-state index in [1.54, 1.807) is 6.20 Å². The van der Waals surface area contributed by atoms with Gasteiger partial charge in [0.25, 0.3) is 0 Å². The number of aromatic amines is 1. The molecule has 4 aromatic rings. The van der Waals surface area contributed by atoms with E-state index in [9.17, 15) is 4.79 Å². The second-order valence-corrected chi connectivity index (χ2v) is 8.37. The predicted octanol–water partition coefficient (Wildman–Crippen LogP) is 6.94. The lowest BCUT2D eigenvalue weighted by Gasteiger charge is -2.08. The van der Waals surface area contributed by atoms with Gasteiger partial charge in [-0.25, -0.2) is 0 Å². The molecule has 0 spiro atoms. The molecule has 0 aliphatic heterocycles. The molecule has 158 valence electrons. The summed E-state index contributed by atoms with van der Waals surface area (Å²) in [6.07, 6.45) is 3.50. The molecule has 2 aromatic carbocycles. The fourth-order valence-electron chi connectivity index (χ4n) is 3.72. The maximum Gasteiger partial charge on any atom is 0.311 e. The highest BCUT2D eigenvalue weighted by molar-refractivity contribution is 6.31. The zero-order valence-electron chi connectivity index (χ0n) is 17.7. The average molecular weight is 433 g/mol. The summed E-state index contributed by atoms with van der Waals surface area (Å²) < 4.78 is 5.51. The molecule has 0 aliphatic carbocycles. The van der Waals surface area contributed by atoms with E-state index in [4.69, 9.17) is 16.3 Å². The summed E-state index contributed by atoms with van der Waals surface area (Å²) in [5.41, 5.74) is 5.19.